The van der Waals surface area contributed by atoms with Crippen LogP contribution in [0.5, 0.6) is 0 Å². The molecular formula is C23H22F3N3O2S. The quantitative estimate of drug-likeness (QED) is 0.579. The topological polar surface area (TPSA) is 54.5 Å². The highest BCUT2D eigenvalue weighted by molar-refractivity contribution is 7.10. The van der Waals surface area contributed by atoms with Crippen LogP contribution in [0.25, 0.3) is 11.3 Å². The normalized spacial score (nSPS) is 15.0. The average molecular weight is 462 g/mol. The van der Waals surface area contributed by atoms with Gasteiger partial charge in [0.2, 0.25) is 5.91 Å². The fourth-order valence-corrected chi connectivity index (χ4v) is 4.24. The van der Waals surface area contributed by atoms with Crippen molar-refractivity contribution in [3.63, 3.8) is 0 Å². The summed E-state index contributed by atoms with van der Waals surface area (Å²) < 4.78 is 43.4. The summed E-state index contributed by atoms with van der Waals surface area (Å²) in [5.74, 6) is -0.0628. The third kappa shape index (κ3) is 5.93. The van der Waals surface area contributed by atoms with Gasteiger partial charge in [-0.1, -0.05) is 24.3 Å². The van der Waals surface area contributed by atoms with Gasteiger partial charge >= 0.3 is 6.18 Å². The summed E-state index contributed by atoms with van der Waals surface area (Å²) in [6.45, 7) is 3.15. The van der Waals surface area contributed by atoms with Crippen LogP contribution in [0.4, 0.5) is 18.9 Å². The van der Waals surface area contributed by atoms with E-state index in [1.54, 1.807) is 0 Å². The van der Waals surface area contributed by atoms with E-state index in [9.17, 15) is 18.0 Å². The maximum absolute atomic E-state index is 12.7. The highest BCUT2D eigenvalue weighted by Gasteiger charge is 2.29. The van der Waals surface area contributed by atoms with Gasteiger partial charge in [0, 0.05) is 36.1 Å². The maximum atomic E-state index is 12.7. The van der Waals surface area contributed by atoms with Gasteiger partial charge in [-0.3, -0.25) is 9.69 Å². The Bertz CT molecular complexity index is 1040. The minimum atomic E-state index is -4.33. The average Bonchev–Trinajstić information content (AvgIpc) is 3.23. The molecule has 3 aromatic rings. The molecule has 1 aliphatic rings. The van der Waals surface area contributed by atoms with Crippen molar-refractivity contribution in [3.05, 3.63) is 70.0 Å². The number of hydrogen-bond donors (Lipinski definition) is 1. The van der Waals surface area contributed by atoms with Crippen molar-refractivity contribution >= 4 is 22.9 Å². The standard InChI is InChI=1S/C23H22F3N3O2S/c24-23(25,26)18-5-1-16(2-6-18)13-22-28-20(15-32-22)17-3-7-19(8-4-17)27-21(30)14-29-9-11-31-12-10-29/h1-8,15H,9-14H2,(H,27,30). The molecule has 1 aromatic heterocycles. The van der Waals surface area contributed by atoms with Crippen molar-refractivity contribution in [2.75, 3.05) is 38.2 Å². The van der Waals surface area contributed by atoms with Gasteiger partial charge in [0.15, 0.2) is 0 Å². The second-order valence-corrected chi connectivity index (χ2v) is 8.45. The van der Waals surface area contributed by atoms with Crippen molar-refractivity contribution in [3.8, 4) is 11.3 Å². The van der Waals surface area contributed by atoms with Crippen molar-refractivity contribution in [2.45, 2.75) is 12.6 Å². The molecule has 0 atom stereocenters. The predicted octanol–water partition coefficient (Wildman–Crippen LogP) is 4.69. The lowest BCUT2D eigenvalue weighted by molar-refractivity contribution is -0.137. The Morgan fingerprint density at radius 3 is 2.41 bits per heavy atom. The van der Waals surface area contributed by atoms with Gasteiger partial charge in [-0.15, -0.1) is 11.3 Å². The van der Waals surface area contributed by atoms with Crippen molar-refractivity contribution in [2.24, 2.45) is 0 Å². The molecule has 0 radical (unpaired) electrons. The Morgan fingerprint density at radius 1 is 1.06 bits per heavy atom. The van der Waals surface area contributed by atoms with Crippen LogP contribution in [0.1, 0.15) is 16.1 Å². The van der Waals surface area contributed by atoms with Crippen LogP contribution < -0.4 is 5.32 Å². The first-order valence-electron chi connectivity index (χ1n) is 10.2. The molecule has 9 heteroatoms. The first kappa shape index (κ1) is 22.4. The number of ether oxygens (including phenoxy) is 1. The Morgan fingerprint density at radius 2 is 1.75 bits per heavy atom. The molecule has 1 amide bonds. The number of amides is 1. The van der Waals surface area contributed by atoms with Gasteiger partial charge < -0.3 is 10.1 Å². The second kappa shape index (κ2) is 9.81. The number of nitrogens with zero attached hydrogens (tertiary/aromatic N) is 2. The number of alkyl halides is 3. The van der Waals surface area contributed by atoms with Gasteiger partial charge in [-0.05, 0) is 29.8 Å². The molecular weight excluding hydrogens is 439 g/mol. The molecule has 0 bridgehead atoms. The van der Waals surface area contributed by atoms with Gasteiger partial charge in [-0.25, -0.2) is 4.98 Å². The fraction of sp³-hybridized carbons (Fsp3) is 0.304. The molecule has 5 nitrogen and oxygen atoms in total. The summed E-state index contributed by atoms with van der Waals surface area (Å²) in [4.78, 5) is 18.9. The molecule has 168 valence electrons. The third-order valence-corrected chi connectivity index (χ3v) is 5.97. The SMILES string of the molecule is O=C(CN1CCOCC1)Nc1ccc(-c2csc(Cc3ccc(C(F)(F)F)cc3)n2)cc1. The Hall–Kier alpha value is -2.75. The van der Waals surface area contributed by atoms with Crippen LogP contribution in [-0.4, -0.2) is 48.6 Å². The molecule has 1 fully saturated rings. The summed E-state index contributed by atoms with van der Waals surface area (Å²) in [5.41, 5.74) is 2.54. The van der Waals surface area contributed by atoms with Crippen LogP contribution >= 0.6 is 11.3 Å². The van der Waals surface area contributed by atoms with E-state index in [-0.39, 0.29) is 5.91 Å². The van der Waals surface area contributed by atoms with Crippen molar-refractivity contribution in [1.29, 1.82) is 0 Å². The molecule has 0 spiro atoms. The fourth-order valence-electron chi connectivity index (χ4n) is 3.40. The predicted molar refractivity (Wildman–Crippen MR) is 118 cm³/mol. The number of halogens is 3. The number of morpholine rings is 1. The number of aromatic nitrogens is 1. The molecule has 4 rings (SSSR count). The zero-order valence-electron chi connectivity index (χ0n) is 17.2. The lowest BCUT2D eigenvalue weighted by Crippen LogP contribution is -2.41. The zero-order valence-corrected chi connectivity index (χ0v) is 18.0. The van der Waals surface area contributed by atoms with Crippen LogP contribution in [0.15, 0.2) is 53.9 Å². The Labute approximate surface area is 187 Å². The Kier molecular flexibility index (Phi) is 6.88. The van der Waals surface area contributed by atoms with Gasteiger partial charge in [0.1, 0.15) is 0 Å². The van der Waals surface area contributed by atoms with Crippen LogP contribution in [0.3, 0.4) is 0 Å². The smallest absolute Gasteiger partial charge is 0.379 e. The lowest BCUT2D eigenvalue weighted by Gasteiger charge is -2.25. The van der Waals surface area contributed by atoms with Gasteiger partial charge in [0.05, 0.1) is 36.0 Å². The minimum Gasteiger partial charge on any atom is -0.379 e. The monoisotopic (exact) mass is 461 g/mol. The van der Waals surface area contributed by atoms with E-state index >= 15 is 0 Å². The summed E-state index contributed by atoms with van der Waals surface area (Å²) in [6, 6.07) is 12.6. The van der Waals surface area contributed by atoms with Crippen LogP contribution in [0, 0.1) is 0 Å². The molecule has 32 heavy (non-hydrogen) atoms. The molecule has 1 aliphatic heterocycles. The van der Waals surface area contributed by atoms with Gasteiger partial charge in [-0.2, -0.15) is 13.2 Å². The zero-order chi connectivity index (χ0) is 22.6. The highest BCUT2D eigenvalue weighted by Crippen LogP contribution is 2.30. The number of hydrogen-bond acceptors (Lipinski definition) is 5. The number of carbonyl (C=O) groups excluding carboxylic acids is 1. The van der Waals surface area contributed by atoms with E-state index in [2.05, 4.69) is 15.2 Å². The number of rotatable bonds is 6. The van der Waals surface area contributed by atoms with E-state index < -0.39 is 11.7 Å². The summed E-state index contributed by atoms with van der Waals surface area (Å²) in [7, 11) is 0. The van der Waals surface area contributed by atoms with E-state index in [1.807, 2.05) is 29.6 Å². The molecule has 1 saturated heterocycles. The van der Waals surface area contributed by atoms with E-state index in [0.717, 1.165) is 47.1 Å². The van der Waals surface area contributed by atoms with Crippen LogP contribution in [0.2, 0.25) is 0 Å². The number of anilines is 1. The van der Waals surface area contributed by atoms with Crippen molar-refractivity contribution in [1.82, 2.24) is 9.88 Å². The molecule has 0 aliphatic carbocycles. The summed E-state index contributed by atoms with van der Waals surface area (Å²) >= 11 is 1.46. The number of nitrogens with one attached hydrogen (secondary N) is 1. The summed E-state index contributed by atoms with van der Waals surface area (Å²) in [5, 5.41) is 5.65. The number of carbonyl (C=O) groups is 1. The molecule has 0 saturated carbocycles. The molecule has 2 heterocycles. The van der Waals surface area contributed by atoms with E-state index in [1.165, 1.54) is 23.5 Å². The van der Waals surface area contributed by atoms with Crippen molar-refractivity contribution < 1.29 is 22.7 Å². The maximum Gasteiger partial charge on any atom is 0.416 e. The van der Waals surface area contributed by atoms with Crippen LogP contribution in [-0.2, 0) is 22.1 Å². The summed E-state index contributed by atoms with van der Waals surface area (Å²) in [6.07, 6.45) is -3.86. The second-order valence-electron chi connectivity index (χ2n) is 7.51. The lowest BCUT2D eigenvalue weighted by atomic mass is 10.1. The largest absolute Gasteiger partial charge is 0.416 e. The first-order chi connectivity index (χ1) is 15.4. The van der Waals surface area contributed by atoms with E-state index in [4.69, 9.17) is 4.74 Å². The molecule has 1 N–H and O–H groups in total. The van der Waals surface area contributed by atoms with Gasteiger partial charge in [0.25, 0.3) is 0 Å². The molecule has 0 unspecified atom stereocenters. The minimum absolute atomic E-state index is 0.0628. The molecule has 2 aromatic carbocycles. The first-order valence-corrected chi connectivity index (χ1v) is 11.1. The van der Waals surface area contributed by atoms with E-state index in [0.29, 0.717) is 31.9 Å². The number of thiazole rings is 1. The number of benzene rings is 2. The highest BCUT2D eigenvalue weighted by atomic mass is 32.1. The third-order valence-electron chi connectivity index (χ3n) is 5.12. The Balaban J connectivity index is 1.34.